The number of amides is 1. The Labute approximate surface area is 185 Å². The van der Waals surface area contributed by atoms with E-state index in [1.807, 2.05) is 51.1 Å². The molecule has 2 fully saturated rings. The van der Waals surface area contributed by atoms with Crippen molar-refractivity contribution in [2.75, 3.05) is 10.7 Å². The lowest BCUT2D eigenvalue weighted by Gasteiger charge is -2.37. The predicted octanol–water partition coefficient (Wildman–Crippen LogP) is 5.80. The van der Waals surface area contributed by atoms with Crippen LogP contribution >= 0.6 is 23.2 Å². The number of hydrogen-bond acceptors (Lipinski definition) is 4. The van der Waals surface area contributed by atoms with Crippen molar-refractivity contribution in [1.82, 2.24) is 0 Å². The molecule has 5 nitrogen and oxygen atoms in total. The molecular formula is C23H23Cl2N3O2. The molecule has 2 N–H and O–H groups in total. The standard InChI is InChI=1S/C23H23Cl2N3O2/c1-21(2)22(3)11-12-23(21,20(30)26-17-13-14(24)9-10-16(17)25)19(29)18(22)28-27-15-7-5-4-6-8-15/h4-10,13,27H,11-12H2,1-3H3,(H,26,30). The molecule has 0 aromatic heterocycles. The molecule has 156 valence electrons. The van der Waals surface area contributed by atoms with Crippen LogP contribution in [0, 0.1) is 16.2 Å². The van der Waals surface area contributed by atoms with Crippen molar-refractivity contribution in [2.45, 2.75) is 33.6 Å². The van der Waals surface area contributed by atoms with Gasteiger partial charge < -0.3 is 5.32 Å². The fourth-order valence-corrected chi connectivity index (χ4v) is 5.26. The van der Waals surface area contributed by atoms with Crippen LogP contribution in [0.3, 0.4) is 0 Å². The van der Waals surface area contributed by atoms with Gasteiger partial charge in [-0.25, -0.2) is 0 Å². The maximum absolute atomic E-state index is 13.6. The van der Waals surface area contributed by atoms with Gasteiger partial charge in [0, 0.05) is 10.4 Å². The highest BCUT2D eigenvalue weighted by molar-refractivity contribution is 6.51. The van der Waals surface area contributed by atoms with Crippen molar-refractivity contribution < 1.29 is 9.59 Å². The molecule has 2 saturated carbocycles. The quantitative estimate of drug-likeness (QED) is 0.463. The maximum Gasteiger partial charge on any atom is 0.239 e. The number of nitrogens with one attached hydrogen (secondary N) is 2. The molecule has 2 aromatic carbocycles. The monoisotopic (exact) mass is 443 g/mol. The summed E-state index contributed by atoms with van der Waals surface area (Å²) in [7, 11) is 0. The molecular weight excluding hydrogens is 421 g/mol. The average Bonchev–Trinajstić information content (AvgIpc) is 2.99. The second kappa shape index (κ2) is 7.10. The number of anilines is 2. The Morgan fingerprint density at radius 1 is 1.03 bits per heavy atom. The van der Waals surface area contributed by atoms with Crippen LogP contribution in [0.1, 0.15) is 33.6 Å². The van der Waals surface area contributed by atoms with E-state index >= 15 is 0 Å². The summed E-state index contributed by atoms with van der Waals surface area (Å²) in [4.78, 5) is 27.2. The van der Waals surface area contributed by atoms with E-state index in [1.54, 1.807) is 18.2 Å². The highest BCUT2D eigenvalue weighted by Gasteiger charge is 2.76. The highest BCUT2D eigenvalue weighted by Crippen LogP contribution is 2.69. The topological polar surface area (TPSA) is 70.6 Å². The van der Waals surface area contributed by atoms with Crippen LogP contribution in [-0.2, 0) is 9.59 Å². The number of para-hydroxylation sites is 1. The van der Waals surface area contributed by atoms with Crippen LogP contribution in [-0.4, -0.2) is 17.4 Å². The molecule has 4 rings (SSSR count). The summed E-state index contributed by atoms with van der Waals surface area (Å²) in [5, 5.41) is 8.16. The van der Waals surface area contributed by atoms with E-state index in [9.17, 15) is 9.59 Å². The Hall–Kier alpha value is -2.37. The number of rotatable bonds is 4. The van der Waals surface area contributed by atoms with Crippen molar-refractivity contribution in [3.63, 3.8) is 0 Å². The smallest absolute Gasteiger partial charge is 0.239 e. The summed E-state index contributed by atoms with van der Waals surface area (Å²) in [5.74, 6) is -0.601. The van der Waals surface area contributed by atoms with Crippen LogP contribution in [0.25, 0.3) is 0 Å². The van der Waals surface area contributed by atoms with Crippen LogP contribution in [0.5, 0.6) is 0 Å². The van der Waals surface area contributed by atoms with Crippen LogP contribution in [0.15, 0.2) is 53.6 Å². The van der Waals surface area contributed by atoms with E-state index in [4.69, 9.17) is 23.2 Å². The molecule has 0 saturated heterocycles. The van der Waals surface area contributed by atoms with E-state index in [0.717, 1.165) is 5.69 Å². The first-order chi connectivity index (χ1) is 14.1. The third kappa shape index (κ3) is 2.79. The average molecular weight is 444 g/mol. The number of Topliss-reactive ketones (excluding diaryl/α,β-unsaturated/α-hetero) is 1. The molecule has 1 amide bonds. The molecule has 0 heterocycles. The Bertz CT molecular complexity index is 1070. The zero-order chi connectivity index (χ0) is 21.7. The van der Waals surface area contributed by atoms with Crippen LogP contribution in [0.4, 0.5) is 11.4 Å². The van der Waals surface area contributed by atoms with E-state index in [1.165, 1.54) is 0 Å². The van der Waals surface area contributed by atoms with E-state index in [-0.39, 0.29) is 11.7 Å². The fourth-order valence-electron chi connectivity index (χ4n) is 4.93. The Morgan fingerprint density at radius 3 is 2.43 bits per heavy atom. The van der Waals surface area contributed by atoms with Crippen molar-refractivity contribution >= 4 is 52.0 Å². The van der Waals surface area contributed by atoms with E-state index in [2.05, 4.69) is 15.8 Å². The van der Waals surface area contributed by atoms with Gasteiger partial charge in [0.1, 0.15) is 11.1 Å². The van der Waals surface area contributed by atoms with Gasteiger partial charge in [0.15, 0.2) is 5.78 Å². The normalized spacial score (nSPS) is 28.0. The number of nitrogens with zero attached hydrogens (tertiary/aromatic N) is 1. The van der Waals surface area contributed by atoms with Crippen LogP contribution in [0.2, 0.25) is 10.0 Å². The summed E-state index contributed by atoms with van der Waals surface area (Å²) >= 11 is 12.3. The lowest BCUT2D eigenvalue weighted by molar-refractivity contribution is -0.139. The minimum atomic E-state index is -1.22. The van der Waals surface area contributed by atoms with Gasteiger partial charge in [-0.1, -0.05) is 62.2 Å². The molecule has 7 heteroatoms. The lowest BCUT2D eigenvalue weighted by Crippen LogP contribution is -2.47. The zero-order valence-corrected chi connectivity index (χ0v) is 18.6. The van der Waals surface area contributed by atoms with Crippen molar-refractivity contribution in [3.8, 4) is 0 Å². The molecule has 2 atom stereocenters. The molecule has 2 bridgehead atoms. The van der Waals surface area contributed by atoms with Crippen molar-refractivity contribution in [3.05, 3.63) is 58.6 Å². The summed E-state index contributed by atoms with van der Waals surface area (Å²) in [6.07, 6.45) is 1.15. The maximum atomic E-state index is 13.6. The first-order valence-corrected chi connectivity index (χ1v) is 10.6. The fraction of sp³-hybridized carbons (Fsp3) is 0.348. The number of hydrazone groups is 1. The number of halogens is 2. The second-order valence-corrected chi connectivity index (χ2v) is 9.55. The minimum absolute atomic E-state index is 0.236. The molecule has 0 spiro atoms. The first-order valence-electron chi connectivity index (χ1n) is 9.84. The summed E-state index contributed by atoms with van der Waals surface area (Å²) in [6, 6.07) is 14.3. The highest BCUT2D eigenvalue weighted by atomic mass is 35.5. The molecule has 0 radical (unpaired) electrons. The second-order valence-electron chi connectivity index (χ2n) is 8.71. The van der Waals surface area contributed by atoms with E-state index < -0.39 is 16.2 Å². The summed E-state index contributed by atoms with van der Waals surface area (Å²) < 4.78 is 0. The van der Waals surface area contributed by atoms with Crippen molar-refractivity contribution in [1.29, 1.82) is 0 Å². The number of ketones is 1. The minimum Gasteiger partial charge on any atom is -0.324 e. The van der Waals surface area contributed by atoms with Gasteiger partial charge in [0.25, 0.3) is 0 Å². The van der Waals surface area contributed by atoms with Crippen molar-refractivity contribution in [2.24, 2.45) is 21.3 Å². The van der Waals surface area contributed by atoms with Gasteiger partial charge in [-0.15, -0.1) is 0 Å². The zero-order valence-electron chi connectivity index (χ0n) is 17.1. The molecule has 2 aliphatic carbocycles. The first kappa shape index (κ1) is 20.9. The predicted molar refractivity (Wildman–Crippen MR) is 121 cm³/mol. The Balaban J connectivity index is 1.71. The van der Waals surface area contributed by atoms with E-state index in [0.29, 0.717) is 34.3 Å². The van der Waals surface area contributed by atoms with Gasteiger partial charge in [-0.05, 0) is 48.6 Å². The third-order valence-corrected chi connectivity index (χ3v) is 7.77. The third-order valence-electron chi connectivity index (χ3n) is 7.21. The number of carbonyl (C=O) groups is 2. The summed E-state index contributed by atoms with van der Waals surface area (Å²) in [6.45, 7) is 5.97. The molecule has 2 aliphatic rings. The number of benzene rings is 2. The number of carbonyl (C=O) groups excluding carboxylic acids is 2. The van der Waals surface area contributed by atoms with Gasteiger partial charge in [-0.3, -0.25) is 15.0 Å². The van der Waals surface area contributed by atoms with Gasteiger partial charge in [0.2, 0.25) is 5.91 Å². The summed E-state index contributed by atoms with van der Waals surface area (Å²) in [5.41, 5.74) is 2.21. The Morgan fingerprint density at radius 2 is 1.73 bits per heavy atom. The number of hydrogen-bond donors (Lipinski definition) is 2. The van der Waals surface area contributed by atoms with Gasteiger partial charge >= 0.3 is 0 Å². The largest absolute Gasteiger partial charge is 0.324 e. The van der Waals surface area contributed by atoms with Crippen LogP contribution < -0.4 is 10.7 Å². The molecule has 2 unspecified atom stereocenters. The molecule has 2 aromatic rings. The Kier molecular flexibility index (Phi) is 4.94. The SMILES string of the molecule is CC12CCC(C(=O)Nc3cc(Cl)ccc3Cl)(C(=O)C1=NNc1ccccc1)C2(C)C. The molecule has 0 aliphatic heterocycles. The van der Waals surface area contributed by atoms with Gasteiger partial charge in [0.05, 0.1) is 16.4 Å². The van der Waals surface area contributed by atoms with Gasteiger partial charge in [-0.2, -0.15) is 5.10 Å². The molecule has 30 heavy (non-hydrogen) atoms. The number of fused-ring (bicyclic) bond motifs is 2. The lowest BCUT2D eigenvalue weighted by atomic mass is 9.64.